The highest BCUT2D eigenvalue weighted by molar-refractivity contribution is 8.01. The van der Waals surface area contributed by atoms with E-state index < -0.39 is 11.3 Å². The van der Waals surface area contributed by atoms with Crippen LogP contribution in [-0.2, 0) is 4.79 Å². The Labute approximate surface area is 207 Å². The second kappa shape index (κ2) is 8.98. The number of nitrogens with zero attached hydrogens (tertiary/aromatic N) is 3. The zero-order chi connectivity index (χ0) is 23.9. The van der Waals surface area contributed by atoms with Crippen molar-refractivity contribution in [2.24, 2.45) is 0 Å². The van der Waals surface area contributed by atoms with Gasteiger partial charge in [-0.25, -0.2) is 9.78 Å². The molecule has 0 radical (unpaired) electrons. The first-order chi connectivity index (χ1) is 17.1. The Bertz CT molecular complexity index is 1290. The van der Waals surface area contributed by atoms with Gasteiger partial charge in [-0.05, 0) is 44.0 Å². The van der Waals surface area contributed by atoms with Gasteiger partial charge in [-0.3, -0.25) is 14.7 Å². The highest BCUT2D eigenvalue weighted by atomic mass is 32.2. The number of pyridine rings is 2. The van der Waals surface area contributed by atoms with E-state index in [-0.39, 0.29) is 18.0 Å². The van der Waals surface area contributed by atoms with Crippen LogP contribution >= 0.6 is 11.8 Å². The third-order valence-electron chi connectivity index (χ3n) is 6.87. The van der Waals surface area contributed by atoms with Gasteiger partial charge in [0.05, 0.1) is 23.1 Å². The van der Waals surface area contributed by atoms with Crippen LogP contribution in [0.2, 0.25) is 0 Å². The van der Waals surface area contributed by atoms with Crippen LogP contribution < -0.4 is 20.9 Å². The van der Waals surface area contributed by atoms with Crippen molar-refractivity contribution in [1.29, 1.82) is 0 Å². The molecule has 2 unspecified atom stereocenters. The number of carbonyl (C=O) groups excluding carboxylic acids is 2. The number of nitrogens with one attached hydrogen (secondary N) is 3. The first-order valence-corrected chi connectivity index (χ1v) is 12.8. The van der Waals surface area contributed by atoms with E-state index in [1.807, 2.05) is 49.4 Å². The molecule has 178 valence electrons. The average Bonchev–Trinajstić information content (AvgIpc) is 3.25. The lowest BCUT2D eigenvalue weighted by Gasteiger charge is -2.35. The minimum Gasteiger partial charge on any atom is -0.351 e. The molecule has 6 rings (SSSR count). The molecule has 1 fully saturated rings. The van der Waals surface area contributed by atoms with E-state index in [0.29, 0.717) is 0 Å². The molecule has 1 saturated heterocycles. The number of amides is 3. The fourth-order valence-corrected chi connectivity index (χ4v) is 6.41. The smallest absolute Gasteiger partial charge is 0.327 e. The zero-order valence-corrected chi connectivity index (χ0v) is 20.1. The van der Waals surface area contributed by atoms with Crippen molar-refractivity contribution in [3.8, 4) is 11.3 Å². The van der Waals surface area contributed by atoms with Crippen molar-refractivity contribution in [3.63, 3.8) is 0 Å². The van der Waals surface area contributed by atoms with Crippen LogP contribution in [0, 0.1) is 6.92 Å². The van der Waals surface area contributed by atoms with Gasteiger partial charge in [-0.1, -0.05) is 42.1 Å². The summed E-state index contributed by atoms with van der Waals surface area (Å²) in [4.78, 5) is 37.6. The third-order valence-corrected chi connectivity index (χ3v) is 8.16. The molecule has 3 atom stereocenters. The van der Waals surface area contributed by atoms with Crippen molar-refractivity contribution in [1.82, 2.24) is 25.9 Å². The predicted octanol–water partition coefficient (Wildman–Crippen LogP) is 3.70. The Balaban J connectivity index is 1.35. The number of urea groups is 1. The summed E-state index contributed by atoms with van der Waals surface area (Å²) in [5, 5.41) is 9.94. The van der Waals surface area contributed by atoms with Crippen molar-refractivity contribution in [3.05, 3.63) is 66.0 Å². The molecule has 0 spiro atoms. The van der Waals surface area contributed by atoms with Crippen LogP contribution in [0.4, 0.5) is 16.2 Å². The number of rotatable bonds is 4. The van der Waals surface area contributed by atoms with Gasteiger partial charge in [0.2, 0.25) is 5.91 Å². The van der Waals surface area contributed by atoms with Crippen LogP contribution in [-0.4, -0.2) is 46.3 Å². The zero-order valence-electron chi connectivity index (χ0n) is 19.3. The standard InChI is InChI=1S/C26H26N6O2S/c1-15-18(9-12-28-21(15)16-6-3-2-4-7-16)32-19-10-13-29-25-20(19)22(31-26(32)34)23(35-25)24(33)30-17-8-5-11-27-14-17/h2-4,6-7,9-10,12-13,17,22-23,27H,5,8,11,14H2,1H3,(H,30,33)(H,31,34)/t17?,22?,23-/m1/s1. The summed E-state index contributed by atoms with van der Waals surface area (Å²) in [6.07, 6.45) is 5.45. The Morgan fingerprint density at radius 2 is 1.91 bits per heavy atom. The molecule has 0 bridgehead atoms. The quantitative estimate of drug-likeness (QED) is 0.520. The Morgan fingerprint density at radius 1 is 1.11 bits per heavy atom. The molecular formula is C26H26N6O2S. The summed E-state index contributed by atoms with van der Waals surface area (Å²) >= 11 is 1.43. The van der Waals surface area contributed by atoms with Gasteiger partial charge in [0, 0.05) is 36.1 Å². The molecular weight excluding hydrogens is 460 g/mol. The second-order valence-corrected chi connectivity index (χ2v) is 10.2. The van der Waals surface area contributed by atoms with Gasteiger partial charge >= 0.3 is 6.03 Å². The minimum atomic E-state index is -0.454. The van der Waals surface area contributed by atoms with Crippen molar-refractivity contribution < 1.29 is 9.59 Å². The van der Waals surface area contributed by atoms with Gasteiger partial charge in [-0.2, -0.15) is 0 Å². The van der Waals surface area contributed by atoms with Crippen LogP contribution in [0.5, 0.6) is 0 Å². The lowest BCUT2D eigenvalue weighted by atomic mass is 9.98. The third kappa shape index (κ3) is 3.84. The molecule has 3 aromatic rings. The Morgan fingerprint density at radius 3 is 2.71 bits per heavy atom. The number of anilines is 2. The topological polar surface area (TPSA) is 99.2 Å². The van der Waals surface area contributed by atoms with Gasteiger partial charge in [0.15, 0.2) is 0 Å². The van der Waals surface area contributed by atoms with Crippen LogP contribution in [0.25, 0.3) is 11.3 Å². The molecule has 0 aliphatic carbocycles. The number of carbonyl (C=O) groups is 2. The molecule has 3 aliphatic rings. The number of thioether (sulfide) groups is 1. The molecule has 1 aromatic carbocycles. The minimum absolute atomic E-state index is 0.0575. The summed E-state index contributed by atoms with van der Waals surface area (Å²) < 4.78 is 0. The van der Waals surface area contributed by atoms with Crippen LogP contribution in [0.15, 0.2) is 59.9 Å². The number of hydrogen-bond acceptors (Lipinski definition) is 6. The summed E-state index contributed by atoms with van der Waals surface area (Å²) in [7, 11) is 0. The maximum atomic E-state index is 13.5. The molecule has 8 nitrogen and oxygen atoms in total. The largest absolute Gasteiger partial charge is 0.351 e. The number of hydrogen-bond donors (Lipinski definition) is 3. The summed E-state index contributed by atoms with van der Waals surface area (Å²) in [5.41, 5.74) is 5.15. The van der Waals surface area contributed by atoms with E-state index in [2.05, 4.69) is 25.9 Å². The second-order valence-electron chi connectivity index (χ2n) is 9.07. The first-order valence-electron chi connectivity index (χ1n) is 11.9. The maximum absolute atomic E-state index is 13.5. The number of piperidine rings is 1. The predicted molar refractivity (Wildman–Crippen MR) is 136 cm³/mol. The summed E-state index contributed by atoms with van der Waals surface area (Å²) in [6, 6.07) is 13.1. The van der Waals surface area contributed by atoms with Gasteiger partial charge in [0.1, 0.15) is 10.3 Å². The molecule has 0 saturated carbocycles. The maximum Gasteiger partial charge on any atom is 0.327 e. The molecule has 2 aromatic heterocycles. The molecule has 3 N–H and O–H groups in total. The van der Waals surface area contributed by atoms with Gasteiger partial charge < -0.3 is 16.0 Å². The highest BCUT2D eigenvalue weighted by Crippen LogP contribution is 2.51. The van der Waals surface area contributed by atoms with E-state index in [1.54, 1.807) is 17.3 Å². The lowest BCUT2D eigenvalue weighted by molar-refractivity contribution is -0.121. The first kappa shape index (κ1) is 22.1. The van der Waals surface area contributed by atoms with E-state index in [4.69, 9.17) is 0 Å². The lowest BCUT2D eigenvalue weighted by Crippen LogP contribution is -2.52. The molecule has 3 amide bonds. The van der Waals surface area contributed by atoms with Crippen molar-refractivity contribution >= 4 is 35.1 Å². The number of benzene rings is 1. The van der Waals surface area contributed by atoms with E-state index in [1.165, 1.54) is 11.8 Å². The SMILES string of the molecule is Cc1c(N2C(=O)NC3c4c2ccnc4S[C@H]3C(=O)NC2CCCNC2)ccnc1-c1ccccc1. The monoisotopic (exact) mass is 486 g/mol. The average molecular weight is 487 g/mol. The molecule has 35 heavy (non-hydrogen) atoms. The summed E-state index contributed by atoms with van der Waals surface area (Å²) in [6.45, 7) is 3.74. The van der Waals surface area contributed by atoms with Crippen molar-refractivity contribution in [2.75, 3.05) is 18.0 Å². The highest BCUT2D eigenvalue weighted by Gasteiger charge is 2.47. The van der Waals surface area contributed by atoms with Crippen LogP contribution in [0.3, 0.4) is 0 Å². The van der Waals surface area contributed by atoms with E-state index in [9.17, 15) is 9.59 Å². The normalized spacial score (nSPS) is 22.9. The fourth-order valence-electron chi connectivity index (χ4n) is 5.18. The Hall–Kier alpha value is -3.43. The van der Waals surface area contributed by atoms with E-state index >= 15 is 0 Å². The molecule has 9 heteroatoms. The van der Waals surface area contributed by atoms with Crippen LogP contribution in [0.1, 0.15) is 30.0 Å². The fraction of sp³-hybridized carbons (Fsp3) is 0.308. The Kier molecular flexibility index (Phi) is 5.66. The van der Waals surface area contributed by atoms with Gasteiger partial charge in [0.25, 0.3) is 0 Å². The van der Waals surface area contributed by atoms with Crippen molar-refractivity contribution in [2.45, 2.75) is 42.1 Å². The molecule has 5 heterocycles. The summed E-state index contributed by atoms with van der Waals surface area (Å²) in [5.74, 6) is -0.0575. The number of aromatic nitrogens is 2. The van der Waals surface area contributed by atoms with E-state index in [0.717, 1.165) is 64.7 Å². The van der Waals surface area contributed by atoms with Gasteiger partial charge in [-0.15, -0.1) is 0 Å². The molecule has 3 aliphatic heterocycles.